The van der Waals surface area contributed by atoms with Crippen molar-refractivity contribution < 1.29 is 9.47 Å². The van der Waals surface area contributed by atoms with E-state index in [1.165, 1.54) is 24.8 Å². The van der Waals surface area contributed by atoms with Crippen LogP contribution in [0.4, 0.5) is 0 Å². The molecule has 0 saturated heterocycles. The molecule has 1 aliphatic rings. The molecule has 116 valence electrons. The van der Waals surface area contributed by atoms with E-state index in [2.05, 4.69) is 39.0 Å². The van der Waals surface area contributed by atoms with Gasteiger partial charge in [0.15, 0.2) is 11.5 Å². The topological polar surface area (TPSA) is 18.5 Å². The second-order valence-corrected chi connectivity index (χ2v) is 6.76. The van der Waals surface area contributed by atoms with E-state index >= 15 is 0 Å². The summed E-state index contributed by atoms with van der Waals surface area (Å²) in [6.07, 6.45) is 7.22. The first-order valence-electron chi connectivity index (χ1n) is 7.85. The largest absolute Gasteiger partial charge is 0.493 e. The Morgan fingerprint density at radius 2 is 1.86 bits per heavy atom. The molecule has 0 amide bonds. The summed E-state index contributed by atoms with van der Waals surface area (Å²) in [5.74, 6) is 2.31. The van der Waals surface area contributed by atoms with Crippen molar-refractivity contribution in [3.63, 3.8) is 0 Å². The van der Waals surface area contributed by atoms with Crippen molar-refractivity contribution >= 4 is 0 Å². The standard InChI is InChI=1S/C19H28O2/c1-14-7-6-12-19(2,3)16(14)10-8-15-9-11-17(20-4)18(13-15)21-5/h7,9,11,13,16H,6,8,10,12H2,1-5H3. The fraction of sp³-hybridized carbons (Fsp3) is 0.579. The zero-order valence-electron chi connectivity index (χ0n) is 14.0. The number of rotatable bonds is 5. The zero-order chi connectivity index (χ0) is 15.5. The van der Waals surface area contributed by atoms with Crippen molar-refractivity contribution in [3.8, 4) is 11.5 Å². The first kappa shape index (κ1) is 15.9. The maximum Gasteiger partial charge on any atom is 0.160 e. The van der Waals surface area contributed by atoms with Crippen molar-refractivity contribution in [2.75, 3.05) is 14.2 Å². The third-order valence-corrected chi connectivity index (χ3v) is 4.92. The van der Waals surface area contributed by atoms with E-state index in [1.54, 1.807) is 19.8 Å². The number of hydrogen-bond donors (Lipinski definition) is 0. The van der Waals surface area contributed by atoms with E-state index in [0.717, 1.165) is 17.9 Å². The monoisotopic (exact) mass is 288 g/mol. The molecule has 2 heteroatoms. The van der Waals surface area contributed by atoms with Crippen LogP contribution in [0.3, 0.4) is 0 Å². The van der Waals surface area contributed by atoms with Crippen LogP contribution in [-0.2, 0) is 6.42 Å². The second-order valence-electron chi connectivity index (χ2n) is 6.76. The molecule has 21 heavy (non-hydrogen) atoms. The molecule has 0 aromatic heterocycles. The van der Waals surface area contributed by atoms with Gasteiger partial charge in [0.25, 0.3) is 0 Å². The van der Waals surface area contributed by atoms with Crippen LogP contribution in [0.15, 0.2) is 29.8 Å². The third kappa shape index (κ3) is 3.61. The van der Waals surface area contributed by atoms with E-state index in [1.807, 2.05) is 6.07 Å². The summed E-state index contributed by atoms with van der Waals surface area (Å²) in [4.78, 5) is 0. The second kappa shape index (κ2) is 6.55. The predicted octanol–water partition coefficient (Wildman–Crippen LogP) is 5.02. The molecular formula is C19H28O2. The van der Waals surface area contributed by atoms with Crippen LogP contribution in [0, 0.1) is 11.3 Å². The van der Waals surface area contributed by atoms with Crippen LogP contribution >= 0.6 is 0 Å². The molecule has 0 heterocycles. The molecule has 1 aromatic carbocycles. The van der Waals surface area contributed by atoms with Crippen molar-refractivity contribution in [1.29, 1.82) is 0 Å². The maximum atomic E-state index is 5.39. The Morgan fingerprint density at radius 1 is 1.14 bits per heavy atom. The Hall–Kier alpha value is -1.44. The summed E-state index contributed by atoms with van der Waals surface area (Å²) < 4.78 is 10.7. The maximum absolute atomic E-state index is 5.39. The normalized spacial score (nSPS) is 20.8. The van der Waals surface area contributed by atoms with Gasteiger partial charge in [0.1, 0.15) is 0 Å². The molecule has 0 N–H and O–H groups in total. The first-order valence-corrected chi connectivity index (χ1v) is 7.85. The van der Waals surface area contributed by atoms with Crippen LogP contribution in [0.2, 0.25) is 0 Å². The van der Waals surface area contributed by atoms with Crippen LogP contribution in [0.1, 0.15) is 45.6 Å². The molecule has 0 radical (unpaired) electrons. The predicted molar refractivity (Wildman–Crippen MR) is 88.1 cm³/mol. The van der Waals surface area contributed by atoms with Gasteiger partial charge in [-0.2, -0.15) is 0 Å². The van der Waals surface area contributed by atoms with Crippen LogP contribution in [0.25, 0.3) is 0 Å². The first-order chi connectivity index (χ1) is 9.97. The summed E-state index contributed by atoms with van der Waals surface area (Å²) >= 11 is 0. The minimum Gasteiger partial charge on any atom is -0.493 e. The van der Waals surface area contributed by atoms with Crippen molar-refractivity contribution in [2.24, 2.45) is 11.3 Å². The van der Waals surface area contributed by atoms with Gasteiger partial charge in [-0.15, -0.1) is 0 Å². The van der Waals surface area contributed by atoms with Crippen molar-refractivity contribution in [2.45, 2.75) is 46.5 Å². The van der Waals surface area contributed by atoms with Gasteiger partial charge in [0.2, 0.25) is 0 Å². The molecule has 0 fully saturated rings. The lowest BCUT2D eigenvalue weighted by atomic mass is 9.67. The molecule has 1 aliphatic carbocycles. The summed E-state index contributed by atoms with van der Waals surface area (Å²) in [6.45, 7) is 7.10. The Labute approximate surface area is 129 Å². The zero-order valence-corrected chi connectivity index (χ0v) is 14.0. The molecule has 0 spiro atoms. The third-order valence-electron chi connectivity index (χ3n) is 4.92. The Kier molecular flexibility index (Phi) is 4.97. The summed E-state index contributed by atoms with van der Waals surface area (Å²) in [7, 11) is 3.37. The van der Waals surface area contributed by atoms with E-state index in [-0.39, 0.29) is 0 Å². The fourth-order valence-corrected chi connectivity index (χ4v) is 3.57. The Morgan fingerprint density at radius 3 is 2.48 bits per heavy atom. The van der Waals surface area contributed by atoms with Gasteiger partial charge in [-0.1, -0.05) is 31.6 Å². The molecule has 2 nitrogen and oxygen atoms in total. The average molecular weight is 288 g/mol. The molecule has 0 saturated carbocycles. The van der Waals surface area contributed by atoms with Crippen LogP contribution < -0.4 is 9.47 Å². The Bertz CT molecular complexity index is 514. The van der Waals surface area contributed by atoms with Gasteiger partial charge in [-0.3, -0.25) is 0 Å². The highest BCUT2D eigenvalue weighted by Crippen LogP contribution is 2.43. The summed E-state index contributed by atoms with van der Waals surface area (Å²) in [5.41, 5.74) is 3.30. The number of ether oxygens (including phenoxy) is 2. The minimum atomic E-state index is 0.412. The van der Waals surface area contributed by atoms with E-state index in [0.29, 0.717) is 11.3 Å². The highest BCUT2D eigenvalue weighted by molar-refractivity contribution is 5.43. The number of allylic oxidation sites excluding steroid dienone is 2. The van der Waals surface area contributed by atoms with Crippen molar-refractivity contribution in [1.82, 2.24) is 0 Å². The lowest BCUT2D eigenvalue weighted by Gasteiger charge is -2.38. The molecular weight excluding hydrogens is 260 g/mol. The van der Waals surface area contributed by atoms with Crippen LogP contribution in [-0.4, -0.2) is 14.2 Å². The van der Waals surface area contributed by atoms with Crippen molar-refractivity contribution in [3.05, 3.63) is 35.4 Å². The molecule has 0 bridgehead atoms. The average Bonchev–Trinajstić information content (AvgIpc) is 2.45. The number of aryl methyl sites for hydroxylation is 1. The smallest absolute Gasteiger partial charge is 0.160 e. The van der Waals surface area contributed by atoms with Gasteiger partial charge >= 0.3 is 0 Å². The van der Waals surface area contributed by atoms with E-state index < -0.39 is 0 Å². The van der Waals surface area contributed by atoms with Crippen LogP contribution in [0.5, 0.6) is 11.5 Å². The molecule has 1 unspecified atom stereocenters. The highest BCUT2D eigenvalue weighted by Gasteiger charge is 2.32. The number of hydrogen-bond acceptors (Lipinski definition) is 2. The van der Waals surface area contributed by atoms with E-state index in [4.69, 9.17) is 9.47 Å². The number of methoxy groups -OCH3 is 2. The molecule has 0 aliphatic heterocycles. The highest BCUT2D eigenvalue weighted by atomic mass is 16.5. The van der Waals surface area contributed by atoms with Gasteiger partial charge in [0, 0.05) is 0 Å². The van der Waals surface area contributed by atoms with Gasteiger partial charge < -0.3 is 9.47 Å². The van der Waals surface area contributed by atoms with Gasteiger partial charge in [0.05, 0.1) is 14.2 Å². The SMILES string of the molecule is COc1ccc(CCC2C(C)=CCCC2(C)C)cc1OC. The van der Waals surface area contributed by atoms with E-state index in [9.17, 15) is 0 Å². The lowest BCUT2D eigenvalue weighted by Crippen LogP contribution is -2.28. The Balaban J connectivity index is 2.09. The minimum absolute atomic E-state index is 0.412. The molecule has 1 atom stereocenters. The fourth-order valence-electron chi connectivity index (χ4n) is 3.57. The lowest BCUT2D eigenvalue weighted by molar-refractivity contribution is 0.204. The number of benzene rings is 1. The summed E-state index contributed by atoms with van der Waals surface area (Å²) in [5, 5.41) is 0. The molecule has 2 rings (SSSR count). The van der Waals surface area contributed by atoms with Gasteiger partial charge in [-0.25, -0.2) is 0 Å². The summed E-state index contributed by atoms with van der Waals surface area (Å²) in [6, 6.07) is 6.26. The molecule has 1 aromatic rings. The van der Waals surface area contributed by atoms with Gasteiger partial charge in [-0.05, 0) is 61.6 Å². The quantitative estimate of drug-likeness (QED) is 0.708.